The van der Waals surface area contributed by atoms with Gasteiger partial charge < -0.3 is 10.6 Å². The van der Waals surface area contributed by atoms with Crippen LogP contribution in [0.5, 0.6) is 0 Å². The molecule has 2 amide bonds. The molecule has 1 saturated heterocycles. The van der Waals surface area contributed by atoms with Crippen molar-refractivity contribution in [3.63, 3.8) is 0 Å². The number of amides is 2. The molecule has 2 fully saturated rings. The van der Waals surface area contributed by atoms with Gasteiger partial charge in [-0.05, 0) is 61.7 Å². The first kappa shape index (κ1) is 29.0. The van der Waals surface area contributed by atoms with Crippen LogP contribution < -0.4 is 10.6 Å². The molecule has 9 heteroatoms. The summed E-state index contributed by atoms with van der Waals surface area (Å²) in [4.78, 5) is 28.7. The molecule has 216 valence electrons. The second kappa shape index (κ2) is 13.0. The number of para-hydroxylation sites is 1. The minimum Gasteiger partial charge on any atom is -0.349 e. The van der Waals surface area contributed by atoms with E-state index < -0.39 is 10.0 Å². The average Bonchev–Trinajstić information content (AvgIpc) is 2.98. The lowest BCUT2D eigenvalue weighted by molar-refractivity contribution is 0.0928. The Hall–Kier alpha value is -3.53. The van der Waals surface area contributed by atoms with E-state index in [1.165, 1.54) is 6.42 Å². The standard InChI is InChI=1S/C32H38N4O4S/c1-24-14-16-28(17-15-24)41(39,40)36-20-18-35(19-21-36)23-25-8-7-9-26(22-25)31(37)34-30-13-6-5-12-29(30)32(38)33-27-10-3-2-4-11-27/h5-9,12-17,22,27H,2-4,10-11,18-21,23H2,1H3,(H,33,38)(H,34,37). The summed E-state index contributed by atoms with van der Waals surface area (Å²) in [7, 11) is -3.52. The zero-order valence-electron chi connectivity index (χ0n) is 23.5. The van der Waals surface area contributed by atoms with Crippen LogP contribution in [0.3, 0.4) is 0 Å². The fraction of sp³-hybridized carbons (Fsp3) is 0.375. The Morgan fingerprint density at radius 3 is 2.27 bits per heavy atom. The molecule has 1 aliphatic carbocycles. The molecule has 1 aliphatic heterocycles. The minimum absolute atomic E-state index is 0.162. The van der Waals surface area contributed by atoms with Gasteiger partial charge in [-0.25, -0.2) is 8.42 Å². The smallest absolute Gasteiger partial charge is 0.255 e. The third-order valence-corrected chi connectivity index (χ3v) is 9.86. The first-order chi connectivity index (χ1) is 19.8. The van der Waals surface area contributed by atoms with Gasteiger partial charge in [0, 0.05) is 44.3 Å². The Balaban J connectivity index is 1.18. The van der Waals surface area contributed by atoms with Gasteiger partial charge in [-0.3, -0.25) is 14.5 Å². The average molecular weight is 575 g/mol. The van der Waals surface area contributed by atoms with Crippen LogP contribution in [-0.2, 0) is 16.6 Å². The lowest BCUT2D eigenvalue weighted by Crippen LogP contribution is -2.48. The number of hydrogen-bond donors (Lipinski definition) is 2. The van der Waals surface area contributed by atoms with Crippen LogP contribution in [0.1, 0.15) is 63.9 Å². The van der Waals surface area contributed by atoms with Crippen molar-refractivity contribution in [1.82, 2.24) is 14.5 Å². The number of nitrogens with one attached hydrogen (secondary N) is 2. The molecule has 0 radical (unpaired) electrons. The van der Waals surface area contributed by atoms with Crippen molar-refractivity contribution in [1.29, 1.82) is 0 Å². The van der Waals surface area contributed by atoms with E-state index in [1.54, 1.807) is 40.7 Å². The maximum absolute atomic E-state index is 13.2. The molecule has 3 aromatic rings. The lowest BCUT2D eigenvalue weighted by Gasteiger charge is -2.34. The molecule has 2 aliphatic rings. The highest BCUT2D eigenvalue weighted by molar-refractivity contribution is 7.89. The van der Waals surface area contributed by atoms with Crippen molar-refractivity contribution in [3.8, 4) is 0 Å². The third-order valence-electron chi connectivity index (χ3n) is 7.95. The van der Waals surface area contributed by atoms with Gasteiger partial charge in [0.1, 0.15) is 0 Å². The van der Waals surface area contributed by atoms with Gasteiger partial charge in [-0.2, -0.15) is 4.31 Å². The fourth-order valence-corrected chi connectivity index (χ4v) is 6.97. The summed E-state index contributed by atoms with van der Waals surface area (Å²) in [5, 5.41) is 6.06. The molecular formula is C32H38N4O4S. The SMILES string of the molecule is Cc1ccc(S(=O)(=O)N2CCN(Cc3cccc(C(=O)Nc4ccccc4C(=O)NC4CCCCC4)c3)CC2)cc1. The number of carbonyl (C=O) groups is 2. The van der Waals surface area contributed by atoms with E-state index in [0.29, 0.717) is 54.4 Å². The van der Waals surface area contributed by atoms with E-state index >= 15 is 0 Å². The molecule has 0 aromatic heterocycles. The van der Waals surface area contributed by atoms with E-state index in [1.807, 2.05) is 43.3 Å². The number of carbonyl (C=O) groups excluding carboxylic acids is 2. The van der Waals surface area contributed by atoms with Crippen LogP contribution in [0.25, 0.3) is 0 Å². The van der Waals surface area contributed by atoms with Crippen molar-refractivity contribution < 1.29 is 18.0 Å². The van der Waals surface area contributed by atoms with Crippen LogP contribution in [0.4, 0.5) is 5.69 Å². The Morgan fingerprint density at radius 2 is 1.54 bits per heavy atom. The molecule has 1 saturated carbocycles. The second-order valence-electron chi connectivity index (χ2n) is 11.0. The number of nitrogens with zero attached hydrogens (tertiary/aromatic N) is 2. The molecule has 1 heterocycles. The fourth-order valence-electron chi connectivity index (χ4n) is 5.55. The Morgan fingerprint density at radius 1 is 0.829 bits per heavy atom. The van der Waals surface area contributed by atoms with Crippen molar-refractivity contribution in [2.75, 3.05) is 31.5 Å². The van der Waals surface area contributed by atoms with Crippen LogP contribution in [-0.4, -0.2) is 61.7 Å². The van der Waals surface area contributed by atoms with E-state index in [2.05, 4.69) is 15.5 Å². The number of rotatable bonds is 8. The summed E-state index contributed by atoms with van der Waals surface area (Å²) < 4.78 is 27.6. The number of aryl methyl sites for hydroxylation is 1. The summed E-state index contributed by atoms with van der Waals surface area (Å²) in [6.45, 7) is 4.58. The molecule has 0 atom stereocenters. The van der Waals surface area contributed by atoms with Crippen molar-refractivity contribution in [2.24, 2.45) is 0 Å². The highest BCUT2D eigenvalue weighted by atomic mass is 32.2. The van der Waals surface area contributed by atoms with Crippen molar-refractivity contribution >= 4 is 27.5 Å². The first-order valence-corrected chi connectivity index (χ1v) is 15.8. The monoisotopic (exact) mass is 574 g/mol. The van der Waals surface area contributed by atoms with E-state index in [0.717, 1.165) is 36.8 Å². The lowest BCUT2D eigenvalue weighted by atomic mass is 9.95. The summed E-state index contributed by atoms with van der Waals surface area (Å²) in [5.74, 6) is -0.441. The quantitative estimate of drug-likeness (QED) is 0.402. The third kappa shape index (κ3) is 7.22. The van der Waals surface area contributed by atoms with Gasteiger partial charge in [0.05, 0.1) is 16.1 Å². The van der Waals surface area contributed by atoms with Crippen molar-refractivity contribution in [2.45, 2.75) is 56.5 Å². The molecule has 0 unspecified atom stereocenters. The number of sulfonamides is 1. The molecule has 0 spiro atoms. The van der Waals surface area contributed by atoms with Crippen molar-refractivity contribution in [3.05, 3.63) is 95.1 Å². The van der Waals surface area contributed by atoms with E-state index in [9.17, 15) is 18.0 Å². The van der Waals surface area contributed by atoms with Gasteiger partial charge in [0.15, 0.2) is 0 Å². The van der Waals surface area contributed by atoms with Gasteiger partial charge in [0.2, 0.25) is 10.0 Å². The maximum atomic E-state index is 13.2. The predicted molar refractivity (Wildman–Crippen MR) is 160 cm³/mol. The number of benzene rings is 3. The van der Waals surface area contributed by atoms with Gasteiger partial charge in [0.25, 0.3) is 11.8 Å². The Labute approximate surface area is 242 Å². The molecule has 5 rings (SSSR count). The van der Waals surface area contributed by atoms with Crippen LogP contribution in [0.2, 0.25) is 0 Å². The van der Waals surface area contributed by atoms with Crippen LogP contribution in [0.15, 0.2) is 77.7 Å². The number of anilines is 1. The zero-order chi connectivity index (χ0) is 28.8. The summed E-state index contributed by atoms with van der Waals surface area (Å²) in [6, 6.07) is 21.7. The summed E-state index contributed by atoms with van der Waals surface area (Å²) in [5.41, 5.74) is 3.44. The largest absolute Gasteiger partial charge is 0.349 e. The summed E-state index contributed by atoms with van der Waals surface area (Å²) >= 11 is 0. The molecule has 8 nitrogen and oxygen atoms in total. The highest BCUT2D eigenvalue weighted by Crippen LogP contribution is 2.22. The van der Waals surface area contributed by atoms with Crippen LogP contribution in [0, 0.1) is 6.92 Å². The zero-order valence-corrected chi connectivity index (χ0v) is 24.3. The molecule has 0 bridgehead atoms. The summed E-state index contributed by atoms with van der Waals surface area (Å²) in [6.07, 6.45) is 5.45. The van der Waals surface area contributed by atoms with E-state index in [-0.39, 0.29) is 17.9 Å². The molecule has 41 heavy (non-hydrogen) atoms. The predicted octanol–water partition coefficient (Wildman–Crippen LogP) is 4.82. The normalized spacial score (nSPS) is 17.2. The van der Waals surface area contributed by atoms with Gasteiger partial charge in [-0.15, -0.1) is 0 Å². The van der Waals surface area contributed by atoms with Gasteiger partial charge in [-0.1, -0.05) is 61.2 Å². The molecule has 2 N–H and O–H groups in total. The maximum Gasteiger partial charge on any atom is 0.255 e. The first-order valence-electron chi connectivity index (χ1n) is 14.4. The molecular weight excluding hydrogens is 536 g/mol. The highest BCUT2D eigenvalue weighted by Gasteiger charge is 2.28. The Kier molecular flexibility index (Phi) is 9.17. The van der Waals surface area contributed by atoms with Gasteiger partial charge >= 0.3 is 0 Å². The second-order valence-corrected chi connectivity index (χ2v) is 12.9. The number of piperazine rings is 1. The van der Waals surface area contributed by atoms with E-state index in [4.69, 9.17) is 0 Å². The number of hydrogen-bond acceptors (Lipinski definition) is 5. The minimum atomic E-state index is -3.52. The molecule has 3 aromatic carbocycles. The topological polar surface area (TPSA) is 98.8 Å². The van der Waals surface area contributed by atoms with Crippen LogP contribution >= 0.6 is 0 Å². The Bertz CT molecular complexity index is 1480.